The highest BCUT2D eigenvalue weighted by molar-refractivity contribution is 6.30. The van der Waals surface area contributed by atoms with Crippen molar-refractivity contribution in [2.75, 3.05) is 6.61 Å². The molecule has 2 atom stereocenters. The molecule has 0 saturated carbocycles. The van der Waals surface area contributed by atoms with E-state index in [4.69, 9.17) is 11.6 Å². The van der Waals surface area contributed by atoms with Gasteiger partial charge in [0, 0.05) is 0 Å². The zero-order chi connectivity index (χ0) is 9.72. The molecule has 0 aromatic carbocycles. The van der Waals surface area contributed by atoms with Crippen LogP contribution in [0, 0.1) is 5.92 Å². The fourth-order valence-electron chi connectivity index (χ4n) is 0.699. The molecule has 0 aromatic rings. The van der Waals surface area contributed by atoms with Crippen LogP contribution in [-0.4, -0.2) is 29.2 Å². The second kappa shape index (κ2) is 5.38. The number of hydrogen-bond donors (Lipinski definition) is 1. The minimum atomic E-state index is -0.954. The van der Waals surface area contributed by atoms with Gasteiger partial charge in [0.2, 0.25) is 0 Å². The van der Waals surface area contributed by atoms with Crippen LogP contribution in [0.2, 0.25) is 0 Å². The van der Waals surface area contributed by atoms with Crippen molar-refractivity contribution in [1.29, 1.82) is 0 Å². The summed E-state index contributed by atoms with van der Waals surface area (Å²) in [6.07, 6.45) is -0.842. The normalized spacial score (nSPS) is 15.8. The number of carbonyl (C=O) groups is 1. The molecule has 0 aromatic heterocycles. The first-order valence-corrected chi connectivity index (χ1v) is 4.43. The number of halogens is 1. The summed E-state index contributed by atoms with van der Waals surface area (Å²) in [5.74, 6) is -0.600. The van der Waals surface area contributed by atoms with Gasteiger partial charge in [-0.2, -0.15) is 0 Å². The molecule has 0 aliphatic rings. The minimum Gasteiger partial charge on any atom is -0.465 e. The van der Waals surface area contributed by atoms with E-state index in [-0.39, 0.29) is 12.5 Å². The molecule has 0 heterocycles. The lowest BCUT2D eigenvalue weighted by Gasteiger charge is -2.18. The summed E-state index contributed by atoms with van der Waals surface area (Å²) >= 11 is 5.63. The largest absolute Gasteiger partial charge is 0.465 e. The van der Waals surface area contributed by atoms with E-state index in [1.54, 1.807) is 20.8 Å². The van der Waals surface area contributed by atoms with Crippen molar-refractivity contribution >= 4 is 17.6 Å². The first-order chi connectivity index (χ1) is 5.50. The van der Waals surface area contributed by atoms with Crippen LogP contribution in [-0.2, 0) is 9.53 Å². The summed E-state index contributed by atoms with van der Waals surface area (Å²) in [7, 11) is 0. The standard InChI is InChI=1S/C8H15ClO3/c1-4-12-8(11)6(9)7(10)5(2)3/h5-7,10H,4H2,1-3H3/t6-,7+/m1/s1. The Morgan fingerprint density at radius 2 is 2.08 bits per heavy atom. The van der Waals surface area contributed by atoms with Crippen molar-refractivity contribution in [3.63, 3.8) is 0 Å². The molecule has 0 fully saturated rings. The second-order valence-corrected chi connectivity index (χ2v) is 3.36. The topological polar surface area (TPSA) is 46.5 Å². The molecule has 1 N–H and O–H groups in total. The number of ether oxygens (including phenoxy) is 1. The lowest BCUT2D eigenvalue weighted by atomic mass is 10.0. The number of esters is 1. The Morgan fingerprint density at radius 3 is 2.42 bits per heavy atom. The molecule has 4 heteroatoms. The van der Waals surface area contributed by atoms with Gasteiger partial charge in [-0.1, -0.05) is 13.8 Å². The van der Waals surface area contributed by atoms with Crippen molar-refractivity contribution in [3.05, 3.63) is 0 Å². The molecular formula is C8H15ClO3. The summed E-state index contributed by atoms with van der Waals surface area (Å²) in [5, 5.41) is 8.41. The lowest BCUT2D eigenvalue weighted by molar-refractivity contribution is -0.145. The van der Waals surface area contributed by atoms with Crippen LogP contribution in [0.1, 0.15) is 20.8 Å². The van der Waals surface area contributed by atoms with Crippen molar-refractivity contribution < 1.29 is 14.6 Å². The van der Waals surface area contributed by atoms with E-state index in [9.17, 15) is 9.90 Å². The van der Waals surface area contributed by atoms with E-state index >= 15 is 0 Å². The highest BCUT2D eigenvalue weighted by Gasteiger charge is 2.27. The molecule has 12 heavy (non-hydrogen) atoms. The van der Waals surface area contributed by atoms with E-state index in [1.807, 2.05) is 0 Å². The smallest absolute Gasteiger partial charge is 0.326 e. The van der Waals surface area contributed by atoms with Gasteiger partial charge in [-0.3, -0.25) is 4.79 Å². The Bertz CT molecular complexity index is 147. The number of hydrogen-bond acceptors (Lipinski definition) is 3. The summed E-state index contributed by atoms with van der Waals surface area (Å²) < 4.78 is 4.64. The van der Waals surface area contributed by atoms with Crippen molar-refractivity contribution in [2.24, 2.45) is 5.92 Å². The first-order valence-electron chi connectivity index (χ1n) is 3.99. The number of alkyl halides is 1. The number of carbonyl (C=O) groups excluding carboxylic acids is 1. The maximum atomic E-state index is 11.0. The zero-order valence-corrected chi connectivity index (χ0v) is 8.34. The van der Waals surface area contributed by atoms with Crippen LogP contribution < -0.4 is 0 Å². The predicted molar refractivity (Wildman–Crippen MR) is 47.1 cm³/mol. The minimum absolute atomic E-state index is 0.0445. The highest BCUT2D eigenvalue weighted by Crippen LogP contribution is 2.13. The quantitative estimate of drug-likeness (QED) is 0.540. The van der Waals surface area contributed by atoms with E-state index in [2.05, 4.69) is 4.74 Å². The molecule has 0 radical (unpaired) electrons. The van der Waals surface area contributed by atoms with Gasteiger partial charge in [0.1, 0.15) is 0 Å². The fourth-order valence-corrected chi connectivity index (χ4v) is 1.05. The molecule has 3 nitrogen and oxygen atoms in total. The van der Waals surface area contributed by atoms with Crippen molar-refractivity contribution in [1.82, 2.24) is 0 Å². The molecule has 0 saturated heterocycles. The summed E-state index contributed by atoms with van der Waals surface area (Å²) in [6, 6.07) is 0. The summed E-state index contributed by atoms with van der Waals surface area (Å²) in [6.45, 7) is 5.56. The van der Waals surface area contributed by atoms with Crippen LogP contribution in [0.15, 0.2) is 0 Å². The third-order valence-corrected chi connectivity index (χ3v) is 1.93. The van der Waals surface area contributed by atoms with Gasteiger partial charge in [-0.15, -0.1) is 11.6 Å². The van der Waals surface area contributed by atoms with Crippen LogP contribution in [0.5, 0.6) is 0 Å². The number of aliphatic hydroxyl groups is 1. The summed E-state index contributed by atoms with van der Waals surface area (Å²) in [4.78, 5) is 11.0. The third-order valence-electron chi connectivity index (χ3n) is 1.49. The van der Waals surface area contributed by atoms with Crippen LogP contribution in [0.4, 0.5) is 0 Å². The molecule has 0 spiro atoms. The van der Waals surface area contributed by atoms with Gasteiger partial charge in [0.25, 0.3) is 0 Å². The van der Waals surface area contributed by atoms with Crippen LogP contribution >= 0.6 is 11.6 Å². The van der Waals surface area contributed by atoms with Crippen molar-refractivity contribution in [3.8, 4) is 0 Å². The summed E-state index contributed by atoms with van der Waals surface area (Å²) in [5.41, 5.74) is 0. The monoisotopic (exact) mass is 194 g/mol. The zero-order valence-electron chi connectivity index (χ0n) is 7.58. The molecular weight excluding hydrogens is 180 g/mol. The van der Waals surface area contributed by atoms with E-state index in [0.29, 0.717) is 0 Å². The lowest BCUT2D eigenvalue weighted by Crippen LogP contribution is -2.34. The average molecular weight is 195 g/mol. The van der Waals surface area contributed by atoms with Gasteiger partial charge < -0.3 is 9.84 Å². The van der Waals surface area contributed by atoms with Crippen LogP contribution in [0.25, 0.3) is 0 Å². The van der Waals surface area contributed by atoms with E-state index in [0.717, 1.165) is 0 Å². The average Bonchev–Trinajstić information content (AvgIpc) is 2.02. The van der Waals surface area contributed by atoms with E-state index < -0.39 is 17.5 Å². The molecule has 0 bridgehead atoms. The van der Waals surface area contributed by atoms with Gasteiger partial charge in [0.15, 0.2) is 5.38 Å². The molecule has 0 amide bonds. The Balaban J connectivity index is 4.00. The molecule has 72 valence electrons. The molecule has 0 aliphatic heterocycles. The van der Waals surface area contributed by atoms with Crippen LogP contribution in [0.3, 0.4) is 0 Å². The van der Waals surface area contributed by atoms with E-state index in [1.165, 1.54) is 0 Å². The SMILES string of the molecule is CCOC(=O)[C@H](Cl)[C@@H](O)C(C)C. The van der Waals surface area contributed by atoms with Gasteiger partial charge in [-0.25, -0.2) is 0 Å². The molecule has 0 unspecified atom stereocenters. The van der Waals surface area contributed by atoms with Crippen molar-refractivity contribution in [2.45, 2.75) is 32.3 Å². The Hall–Kier alpha value is -0.280. The fraction of sp³-hybridized carbons (Fsp3) is 0.875. The Morgan fingerprint density at radius 1 is 1.58 bits per heavy atom. The Labute approximate surface area is 77.7 Å². The second-order valence-electron chi connectivity index (χ2n) is 2.89. The maximum absolute atomic E-state index is 11.0. The third kappa shape index (κ3) is 3.41. The van der Waals surface area contributed by atoms with Gasteiger partial charge in [0.05, 0.1) is 12.7 Å². The molecule has 0 aliphatic carbocycles. The van der Waals surface area contributed by atoms with Gasteiger partial charge in [-0.05, 0) is 12.8 Å². The maximum Gasteiger partial charge on any atom is 0.326 e. The number of rotatable bonds is 4. The highest BCUT2D eigenvalue weighted by atomic mass is 35.5. The Kier molecular flexibility index (Phi) is 5.25. The van der Waals surface area contributed by atoms with Gasteiger partial charge >= 0.3 is 5.97 Å². The number of aliphatic hydroxyl groups excluding tert-OH is 1. The first kappa shape index (κ1) is 11.7. The molecule has 0 rings (SSSR count). The predicted octanol–water partition coefficient (Wildman–Crippen LogP) is 1.17.